The van der Waals surface area contributed by atoms with E-state index in [2.05, 4.69) is 45.4 Å². The van der Waals surface area contributed by atoms with Crippen molar-refractivity contribution in [2.24, 2.45) is 0 Å². The third-order valence-electron chi connectivity index (χ3n) is 8.39. The number of piperidine rings is 1. The fourth-order valence-corrected chi connectivity index (χ4v) is 5.75. The lowest BCUT2D eigenvalue weighted by Gasteiger charge is -2.30. The van der Waals surface area contributed by atoms with Gasteiger partial charge in [0.25, 0.3) is 5.91 Å². The summed E-state index contributed by atoms with van der Waals surface area (Å²) in [6.07, 6.45) is 0.207. The standard InChI is InChI=1S/C36H35F3N6O2/c1-21(2)30-17-24(31-18-27(8-7-22(31)3)42-34(47)23-5-4-6-26(16-23)36(37,38)39)15-25-19-41-35(44-33(25)30)43-28-9-10-32(40-20-28)45-13-11-29(46)12-14-45/h4-10,15-21,29,46H,11-14H2,1-3H3,(H,42,47)(H,41,43,44). The largest absolute Gasteiger partial charge is 0.416 e. The molecule has 1 amide bonds. The summed E-state index contributed by atoms with van der Waals surface area (Å²) in [7, 11) is 0. The van der Waals surface area contributed by atoms with Crippen molar-refractivity contribution in [2.75, 3.05) is 28.6 Å². The van der Waals surface area contributed by atoms with E-state index in [0.29, 0.717) is 11.6 Å². The summed E-state index contributed by atoms with van der Waals surface area (Å²) >= 11 is 0. The summed E-state index contributed by atoms with van der Waals surface area (Å²) in [5.41, 5.74) is 4.83. The quantitative estimate of drug-likeness (QED) is 0.165. The minimum absolute atomic E-state index is 0.0780. The van der Waals surface area contributed by atoms with Crippen LogP contribution in [0.15, 0.2) is 79.1 Å². The Morgan fingerprint density at radius 3 is 2.43 bits per heavy atom. The van der Waals surface area contributed by atoms with Gasteiger partial charge in [0.15, 0.2) is 0 Å². The zero-order chi connectivity index (χ0) is 33.3. The molecule has 0 atom stereocenters. The zero-order valence-electron chi connectivity index (χ0n) is 26.3. The molecule has 0 radical (unpaired) electrons. The SMILES string of the molecule is Cc1ccc(NC(=O)c2cccc(C(F)(F)F)c2)cc1-c1cc(C(C)C)c2nc(Nc3ccc(N4CCC(O)CC4)nc3)ncc2c1. The van der Waals surface area contributed by atoms with Crippen molar-refractivity contribution in [1.29, 1.82) is 0 Å². The number of hydrogen-bond acceptors (Lipinski definition) is 7. The first kappa shape index (κ1) is 31.9. The van der Waals surface area contributed by atoms with Crippen LogP contribution in [0.25, 0.3) is 22.0 Å². The van der Waals surface area contributed by atoms with Gasteiger partial charge in [-0.05, 0) is 103 Å². The molecule has 5 aromatic rings. The van der Waals surface area contributed by atoms with Crippen LogP contribution in [0, 0.1) is 6.92 Å². The van der Waals surface area contributed by atoms with Gasteiger partial charge in [-0.25, -0.2) is 15.0 Å². The topological polar surface area (TPSA) is 103 Å². The van der Waals surface area contributed by atoms with Crippen molar-refractivity contribution in [3.8, 4) is 11.1 Å². The van der Waals surface area contributed by atoms with E-state index in [-0.39, 0.29) is 17.6 Å². The predicted octanol–water partition coefficient (Wildman–Crippen LogP) is 8.10. The highest BCUT2D eigenvalue weighted by Crippen LogP contribution is 2.35. The number of anilines is 4. The van der Waals surface area contributed by atoms with Crippen molar-refractivity contribution in [3.63, 3.8) is 0 Å². The first-order chi connectivity index (χ1) is 22.4. The smallest absolute Gasteiger partial charge is 0.393 e. The molecule has 8 nitrogen and oxygen atoms in total. The van der Waals surface area contributed by atoms with Crippen LogP contribution < -0.4 is 15.5 Å². The summed E-state index contributed by atoms with van der Waals surface area (Å²) in [5, 5.41) is 16.6. The Balaban J connectivity index is 1.25. The molecule has 3 N–H and O–H groups in total. The van der Waals surface area contributed by atoms with Gasteiger partial charge in [-0.2, -0.15) is 13.2 Å². The van der Waals surface area contributed by atoms with E-state index in [0.717, 1.165) is 82.7 Å². The Bertz CT molecular complexity index is 1920. The maximum Gasteiger partial charge on any atom is 0.416 e. The Hall–Kier alpha value is -5.03. The van der Waals surface area contributed by atoms with E-state index in [1.54, 1.807) is 18.5 Å². The van der Waals surface area contributed by atoms with Crippen LogP contribution in [-0.2, 0) is 6.18 Å². The van der Waals surface area contributed by atoms with E-state index >= 15 is 0 Å². The Labute approximate surface area is 270 Å². The number of carbonyl (C=O) groups is 1. The number of aromatic nitrogens is 3. The molecule has 0 spiro atoms. The van der Waals surface area contributed by atoms with Gasteiger partial charge in [0.1, 0.15) is 5.82 Å². The number of amides is 1. The third-order valence-corrected chi connectivity index (χ3v) is 8.39. The number of benzene rings is 3. The van der Waals surface area contributed by atoms with Crippen molar-refractivity contribution in [3.05, 3.63) is 101 Å². The number of alkyl halides is 3. The molecule has 3 heterocycles. The summed E-state index contributed by atoms with van der Waals surface area (Å²) in [6, 6.07) is 17.8. The molecule has 1 aliphatic heterocycles. The second-order valence-corrected chi connectivity index (χ2v) is 12.2. The van der Waals surface area contributed by atoms with Crippen LogP contribution in [0.5, 0.6) is 0 Å². The number of aryl methyl sites for hydroxylation is 1. The second-order valence-electron chi connectivity index (χ2n) is 12.2. The molecule has 242 valence electrons. The van der Waals surface area contributed by atoms with E-state index in [1.165, 1.54) is 12.1 Å². The van der Waals surface area contributed by atoms with Crippen LogP contribution in [0.2, 0.25) is 0 Å². The van der Waals surface area contributed by atoms with Gasteiger partial charge in [0, 0.05) is 35.9 Å². The van der Waals surface area contributed by atoms with Gasteiger partial charge >= 0.3 is 6.18 Å². The summed E-state index contributed by atoms with van der Waals surface area (Å²) in [6.45, 7) is 7.69. The average Bonchev–Trinajstić information content (AvgIpc) is 3.05. The first-order valence-corrected chi connectivity index (χ1v) is 15.5. The molecule has 0 unspecified atom stereocenters. The molecular weight excluding hydrogens is 605 g/mol. The molecular formula is C36H35F3N6O2. The van der Waals surface area contributed by atoms with Crippen LogP contribution in [-0.4, -0.2) is 45.2 Å². The minimum atomic E-state index is -4.54. The lowest BCUT2D eigenvalue weighted by molar-refractivity contribution is -0.137. The van der Waals surface area contributed by atoms with Crippen LogP contribution in [0.1, 0.15) is 59.7 Å². The summed E-state index contributed by atoms with van der Waals surface area (Å²) < 4.78 is 39.6. The van der Waals surface area contributed by atoms with Crippen LogP contribution in [0.4, 0.5) is 36.3 Å². The van der Waals surface area contributed by atoms with E-state index < -0.39 is 17.6 Å². The van der Waals surface area contributed by atoms with Gasteiger partial charge in [-0.15, -0.1) is 0 Å². The fourth-order valence-electron chi connectivity index (χ4n) is 5.75. The molecule has 0 saturated carbocycles. The molecule has 1 fully saturated rings. The van der Waals surface area contributed by atoms with Crippen molar-refractivity contribution in [1.82, 2.24) is 15.0 Å². The lowest BCUT2D eigenvalue weighted by Crippen LogP contribution is -2.36. The number of nitrogens with zero attached hydrogens (tertiary/aromatic N) is 4. The Morgan fingerprint density at radius 1 is 0.957 bits per heavy atom. The van der Waals surface area contributed by atoms with Crippen LogP contribution in [0.3, 0.4) is 0 Å². The van der Waals surface area contributed by atoms with Crippen molar-refractivity contribution < 1.29 is 23.1 Å². The number of aliphatic hydroxyl groups excluding tert-OH is 1. The number of hydrogen-bond donors (Lipinski definition) is 3. The van der Waals surface area contributed by atoms with E-state index in [9.17, 15) is 23.1 Å². The molecule has 1 aliphatic rings. The highest BCUT2D eigenvalue weighted by molar-refractivity contribution is 6.04. The molecule has 11 heteroatoms. The highest BCUT2D eigenvalue weighted by atomic mass is 19.4. The number of pyridine rings is 1. The molecule has 2 aromatic heterocycles. The summed E-state index contributed by atoms with van der Waals surface area (Å²) in [5.74, 6) is 0.814. The van der Waals surface area contributed by atoms with Crippen molar-refractivity contribution in [2.45, 2.75) is 51.8 Å². The van der Waals surface area contributed by atoms with Gasteiger partial charge in [-0.1, -0.05) is 26.0 Å². The van der Waals surface area contributed by atoms with Gasteiger partial charge in [0.2, 0.25) is 5.95 Å². The normalized spacial score (nSPS) is 14.1. The highest BCUT2D eigenvalue weighted by Gasteiger charge is 2.31. The van der Waals surface area contributed by atoms with E-state index in [1.807, 2.05) is 37.3 Å². The Kier molecular flexibility index (Phi) is 8.83. The number of rotatable bonds is 7. The molecule has 0 bridgehead atoms. The number of fused-ring (bicyclic) bond motifs is 1. The molecule has 0 aliphatic carbocycles. The monoisotopic (exact) mass is 640 g/mol. The fraction of sp³-hybridized carbons (Fsp3) is 0.278. The molecule has 6 rings (SSSR count). The third kappa shape index (κ3) is 7.20. The first-order valence-electron chi connectivity index (χ1n) is 15.5. The molecule has 47 heavy (non-hydrogen) atoms. The maximum atomic E-state index is 13.2. The Morgan fingerprint density at radius 2 is 1.72 bits per heavy atom. The average molecular weight is 641 g/mol. The van der Waals surface area contributed by atoms with E-state index in [4.69, 9.17) is 4.98 Å². The number of carbonyl (C=O) groups excluding carboxylic acids is 1. The summed E-state index contributed by atoms with van der Waals surface area (Å²) in [4.78, 5) is 29.1. The molecule has 1 saturated heterocycles. The second kappa shape index (κ2) is 13.0. The minimum Gasteiger partial charge on any atom is -0.393 e. The van der Waals surface area contributed by atoms with Gasteiger partial charge < -0.3 is 20.6 Å². The zero-order valence-corrected chi connectivity index (χ0v) is 26.3. The van der Waals surface area contributed by atoms with Gasteiger partial charge in [-0.3, -0.25) is 4.79 Å². The van der Waals surface area contributed by atoms with Crippen molar-refractivity contribution >= 4 is 40.0 Å². The number of nitrogens with one attached hydrogen (secondary N) is 2. The molecule has 3 aromatic carbocycles. The lowest BCUT2D eigenvalue weighted by atomic mass is 9.92. The van der Waals surface area contributed by atoms with Crippen LogP contribution >= 0.6 is 0 Å². The van der Waals surface area contributed by atoms with Gasteiger partial charge in [0.05, 0.1) is 29.1 Å². The predicted molar refractivity (Wildman–Crippen MR) is 178 cm³/mol. The number of aliphatic hydroxyl groups is 1. The maximum absolute atomic E-state index is 13.2. The number of halogens is 3.